The molecular weight excluding hydrogens is 300 g/mol. The minimum absolute atomic E-state index is 0.112. The molecule has 118 valence electrons. The van der Waals surface area contributed by atoms with Crippen molar-refractivity contribution >= 4 is 23.6 Å². The molecule has 2 aromatic rings. The van der Waals surface area contributed by atoms with Crippen LogP contribution in [-0.4, -0.2) is 33.5 Å². The van der Waals surface area contributed by atoms with Gasteiger partial charge in [-0.3, -0.25) is 10.1 Å². The van der Waals surface area contributed by atoms with E-state index in [4.69, 9.17) is 4.74 Å². The van der Waals surface area contributed by atoms with Crippen molar-refractivity contribution in [2.45, 2.75) is 24.7 Å². The Morgan fingerprint density at radius 1 is 1.45 bits per heavy atom. The van der Waals surface area contributed by atoms with Crippen molar-refractivity contribution < 1.29 is 9.53 Å². The lowest BCUT2D eigenvalue weighted by Gasteiger charge is -2.05. The first-order chi connectivity index (χ1) is 10.5. The average Bonchev–Trinajstić information content (AvgIpc) is 2.87. The van der Waals surface area contributed by atoms with E-state index in [1.807, 2.05) is 38.1 Å². The van der Waals surface area contributed by atoms with Crippen LogP contribution in [0.2, 0.25) is 0 Å². The Labute approximate surface area is 134 Å². The zero-order valence-electron chi connectivity index (χ0n) is 13.2. The van der Waals surface area contributed by atoms with E-state index in [-0.39, 0.29) is 11.8 Å². The fourth-order valence-electron chi connectivity index (χ4n) is 1.76. The number of aryl methyl sites for hydroxylation is 1. The summed E-state index contributed by atoms with van der Waals surface area (Å²) >= 11 is 1.45. The second-order valence-electron chi connectivity index (χ2n) is 5.09. The van der Waals surface area contributed by atoms with Crippen LogP contribution in [0.4, 0.5) is 5.95 Å². The molecule has 2 rings (SSSR count). The first-order valence-corrected chi connectivity index (χ1v) is 7.95. The molecule has 0 atom stereocenters. The number of nitrogens with one attached hydrogen (secondary N) is 1. The summed E-state index contributed by atoms with van der Waals surface area (Å²) in [4.78, 5) is 17.3. The van der Waals surface area contributed by atoms with Crippen molar-refractivity contribution in [2.75, 3.05) is 18.2 Å². The molecule has 0 aliphatic rings. The molecule has 1 amide bonds. The van der Waals surface area contributed by atoms with Crippen LogP contribution in [0.1, 0.15) is 25.6 Å². The summed E-state index contributed by atoms with van der Waals surface area (Å²) in [5, 5.41) is 7.05. The third-order valence-corrected chi connectivity index (χ3v) is 3.95. The van der Waals surface area contributed by atoms with Crippen LogP contribution in [0, 0.1) is 0 Å². The zero-order valence-corrected chi connectivity index (χ0v) is 14.0. The predicted octanol–water partition coefficient (Wildman–Crippen LogP) is 2.68. The van der Waals surface area contributed by atoms with Gasteiger partial charge in [0.25, 0.3) is 0 Å². The molecule has 1 heterocycles. The molecule has 22 heavy (non-hydrogen) atoms. The number of hydrogen-bond acceptors (Lipinski definition) is 5. The minimum atomic E-state index is -0.112. The van der Waals surface area contributed by atoms with Gasteiger partial charge in [0, 0.05) is 17.9 Å². The van der Waals surface area contributed by atoms with Crippen LogP contribution in [0.15, 0.2) is 29.2 Å². The van der Waals surface area contributed by atoms with Gasteiger partial charge in [-0.15, -0.1) is 11.8 Å². The van der Waals surface area contributed by atoms with Gasteiger partial charge in [-0.1, -0.05) is 19.9 Å². The normalized spacial score (nSPS) is 10.8. The third-order valence-electron chi connectivity index (χ3n) is 2.96. The molecule has 1 N–H and O–H groups in total. The molecule has 0 bridgehead atoms. The quantitative estimate of drug-likeness (QED) is 0.829. The van der Waals surface area contributed by atoms with Gasteiger partial charge in [-0.25, -0.2) is 4.68 Å². The second-order valence-corrected chi connectivity index (χ2v) is 6.14. The molecule has 0 fully saturated rings. The van der Waals surface area contributed by atoms with E-state index >= 15 is 0 Å². The number of aromatic nitrogens is 3. The molecule has 0 aliphatic heterocycles. The van der Waals surface area contributed by atoms with Crippen LogP contribution >= 0.6 is 11.8 Å². The van der Waals surface area contributed by atoms with E-state index in [0.717, 1.165) is 16.5 Å². The first kappa shape index (κ1) is 16.4. The van der Waals surface area contributed by atoms with Crippen molar-refractivity contribution in [3.8, 4) is 5.75 Å². The lowest BCUT2D eigenvalue weighted by molar-refractivity contribution is -0.113. The highest BCUT2D eigenvalue weighted by molar-refractivity contribution is 8.00. The second kappa shape index (κ2) is 7.31. The van der Waals surface area contributed by atoms with E-state index in [9.17, 15) is 4.79 Å². The zero-order chi connectivity index (χ0) is 16.1. The van der Waals surface area contributed by atoms with Crippen molar-refractivity contribution in [3.05, 3.63) is 30.1 Å². The number of hydrogen-bond donors (Lipinski definition) is 1. The lowest BCUT2D eigenvalue weighted by atomic mass is 10.2. The number of methoxy groups -OCH3 is 1. The summed E-state index contributed by atoms with van der Waals surface area (Å²) in [5.41, 5.74) is 0. The van der Waals surface area contributed by atoms with Crippen LogP contribution in [-0.2, 0) is 11.8 Å². The van der Waals surface area contributed by atoms with Gasteiger partial charge < -0.3 is 4.74 Å². The number of benzene rings is 1. The SMILES string of the molecule is COc1cccc(SCC(=O)Nc2nc(C(C)C)nn2C)c1. The number of rotatable bonds is 6. The maximum atomic E-state index is 12.0. The lowest BCUT2D eigenvalue weighted by Crippen LogP contribution is -2.17. The van der Waals surface area contributed by atoms with Gasteiger partial charge >= 0.3 is 0 Å². The van der Waals surface area contributed by atoms with Crippen LogP contribution in [0.25, 0.3) is 0 Å². The molecule has 1 aromatic heterocycles. The van der Waals surface area contributed by atoms with E-state index in [2.05, 4.69) is 15.4 Å². The molecule has 1 aromatic carbocycles. The molecular formula is C15H20N4O2S. The van der Waals surface area contributed by atoms with E-state index in [1.54, 1.807) is 18.8 Å². The Kier molecular flexibility index (Phi) is 5.43. The first-order valence-electron chi connectivity index (χ1n) is 6.97. The minimum Gasteiger partial charge on any atom is -0.497 e. The summed E-state index contributed by atoms with van der Waals surface area (Å²) in [6.45, 7) is 4.03. The Hall–Kier alpha value is -2.02. The van der Waals surface area contributed by atoms with Gasteiger partial charge in [-0.2, -0.15) is 10.1 Å². The number of amides is 1. The Balaban J connectivity index is 1.92. The van der Waals surface area contributed by atoms with E-state index < -0.39 is 0 Å². The molecule has 0 saturated heterocycles. The summed E-state index contributed by atoms with van der Waals surface area (Å²) in [7, 11) is 3.39. The molecule has 7 heteroatoms. The topological polar surface area (TPSA) is 69.0 Å². The van der Waals surface area contributed by atoms with Gasteiger partial charge in [0.05, 0.1) is 12.9 Å². The fraction of sp³-hybridized carbons (Fsp3) is 0.400. The number of carbonyl (C=O) groups excluding carboxylic acids is 1. The van der Waals surface area contributed by atoms with Gasteiger partial charge in [0.1, 0.15) is 5.75 Å². The highest BCUT2D eigenvalue weighted by Crippen LogP contribution is 2.22. The summed E-state index contributed by atoms with van der Waals surface area (Å²) in [6.07, 6.45) is 0. The molecule has 0 spiro atoms. The maximum absolute atomic E-state index is 12.0. The maximum Gasteiger partial charge on any atom is 0.237 e. The van der Waals surface area contributed by atoms with Crippen molar-refractivity contribution in [1.82, 2.24) is 14.8 Å². The Bertz CT molecular complexity index is 655. The summed E-state index contributed by atoms with van der Waals surface area (Å²) in [5.74, 6) is 2.39. The van der Waals surface area contributed by atoms with Crippen molar-refractivity contribution in [1.29, 1.82) is 0 Å². The van der Waals surface area contributed by atoms with Crippen LogP contribution < -0.4 is 10.1 Å². The standard InChI is InChI=1S/C15H20N4O2S/c1-10(2)14-17-15(19(3)18-14)16-13(20)9-22-12-7-5-6-11(8-12)21-4/h5-8,10H,9H2,1-4H3,(H,16,17,18,20). The number of carbonyl (C=O) groups is 1. The van der Waals surface area contributed by atoms with Gasteiger partial charge in [-0.05, 0) is 18.2 Å². The summed E-state index contributed by atoms with van der Waals surface area (Å²) < 4.78 is 6.75. The highest BCUT2D eigenvalue weighted by Gasteiger charge is 2.13. The predicted molar refractivity (Wildman–Crippen MR) is 87.4 cm³/mol. The fourth-order valence-corrected chi connectivity index (χ4v) is 2.50. The monoisotopic (exact) mass is 320 g/mol. The number of thioether (sulfide) groups is 1. The number of nitrogens with zero attached hydrogens (tertiary/aromatic N) is 3. The van der Waals surface area contributed by atoms with Crippen molar-refractivity contribution in [2.24, 2.45) is 7.05 Å². The van der Waals surface area contributed by atoms with E-state index in [0.29, 0.717) is 11.7 Å². The molecule has 0 radical (unpaired) electrons. The number of ether oxygens (including phenoxy) is 1. The van der Waals surface area contributed by atoms with Crippen molar-refractivity contribution in [3.63, 3.8) is 0 Å². The molecule has 6 nitrogen and oxygen atoms in total. The molecule has 0 unspecified atom stereocenters. The van der Waals surface area contributed by atoms with Crippen LogP contribution in [0.5, 0.6) is 5.75 Å². The average molecular weight is 320 g/mol. The van der Waals surface area contributed by atoms with Gasteiger partial charge in [0.15, 0.2) is 5.82 Å². The highest BCUT2D eigenvalue weighted by atomic mass is 32.2. The van der Waals surface area contributed by atoms with Gasteiger partial charge in [0.2, 0.25) is 11.9 Å². The van der Waals surface area contributed by atoms with Crippen LogP contribution in [0.3, 0.4) is 0 Å². The Morgan fingerprint density at radius 3 is 2.86 bits per heavy atom. The largest absolute Gasteiger partial charge is 0.497 e. The Morgan fingerprint density at radius 2 is 2.23 bits per heavy atom. The molecule has 0 saturated carbocycles. The summed E-state index contributed by atoms with van der Waals surface area (Å²) in [6, 6.07) is 7.62. The molecule has 0 aliphatic carbocycles. The smallest absolute Gasteiger partial charge is 0.237 e. The van der Waals surface area contributed by atoms with E-state index in [1.165, 1.54) is 11.8 Å². The third kappa shape index (κ3) is 4.24. The number of anilines is 1.